The number of carbonyl (C=O) groups excluding carboxylic acids is 1. The molecule has 2 fully saturated rings. The second-order valence-electron chi connectivity index (χ2n) is 29.2. The minimum atomic E-state index is -2.35. The fourth-order valence-electron chi connectivity index (χ4n) is 11.0. The first-order chi connectivity index (χ1) is 37.0. The molecule has 4 rings (SSSR count). The summed E-state index contributed by atoms with van der Waals surface area (Å²) in [6.45, 7) is 48.5. The lowest BCUT2D eigenvalue weighted by Crippen LogP contribution is -2.52. The average Bonchev–Trinajstić information content (AvgIpc) is 3.37. The van der Waals surface area contributed by atoms with Crippen molar-refractivity contribution in [2.45, 2.75) is 288 Å². The smallest absolute Gasteiger partial charge is 0.338 e. The van der Waals surface area contributed by atoms with E-state index in [0.717, 1.165) is 69.3 Å². The van der Waals surface area contributed by atoms with Gasteiger partial charge in [0, 0.05) is 44.8 Å². The van der Waals surface area contributed by atoms with Gasteiger partial charge in [-0.2, -0.15) is 0 Å². The summed E-state index contributed by atoms with van der Waals surface area (Å²) in [5.74, 6) is 1.16. The predicted molar refractivity (Wildman–Crippen MR) is 347 cm³/mol. The van der Waals surface area contributed by atoms with Crippen LogP contribution in [0.5, 0.6) is 0 Å². The van der Waals surface area contributed by atoms with Crippen LogP contribution in [0.15, 0.2) is 54.1 Å². The molecule has 10 nitrogen and oxygen atoms in total. The Hall–Kier alpha value is -0.799. The molecule has 1 aromatic carbocycles. The number of ether oxygens (including phenoxy) is 5. The van der Waals surface area contributed by atoms with E-state index in [4.69, 9.17) is 37.0 Å². The lowest BCUT2D eigenvalue weighted by atomic mass is 9.79. The largest absolute Gasteiger partial charge is 0.458 e. The maximum absolute atomic E-state index is 14.3. The number of aliphatic hydroxyl groups is 1. The molecule has 0 spiro atoms. The van der Waals surface area contributed by atoms with Gasteiger partial charge < -0.3 is 42.1 Å². The van der Waals surface area contributed by atoms with Crippen molar-refractivity contribution in [3.63, 3.8) is 0 Å². The molecule has 80 heavy (non-hydrogen) atoms. The number of hydrogen-bond acceptors (Lipinski definition) is 12. The van der Waals surface area contributed by atoms with Gasteiger partial charge in [-0.3, -0.25) is 0 Å². The van der Waals surface area contributed by atoms with Gasteiger partial charge in [-0.1, -0.05) is 132 Å². The fourth-order valence-corrected chi connectivity index (χ4v) is 18.5. The van der Waals surface area contributed by atoms with E-state index in [1.807, 2.05) is 61.0 Å². The SMILES string of the molecule is CO[C@H]1C[C@H](CC[C@H](C)[C@H](O[Si](C)(C)C(C)(C)C)[C@H](C)[C@@H](OC(=O)c2ccccc2)[C@@H](C)[C@H](O)CC2([C@H](C)[C@H](C[C@@H]3CC=C[C@@H](C[C@H](C/C=C(\C)CO[Si](C)(C)C(C)(C)C)O[Si](C)(C)C(C)(C)C)O3)OC)SCCCS2)O[C@@H](C)C1. The normalized spacial score (nSPS) is 25.4. The van der Waals surface area contributed by atoms with Crippen molar-refractivity contribution in [3.05, 3.63) is 59.7 Å². The Bertz CT molecular complexity index is 2060. The first-order valence-electron chi connectivity index (χ1n) is 30.9. The second kappa shape index (κ2) is 30.7. The molecule has 0 bridgehead atoms. The van der Waals surface area contributed by atoms with Crippen molar-refractivity contribution in [2.75, 3.05) is 32.3 Å². The highest BCUT2D eigenvalue weighted by atomic mass is 32.2. The number of thioether (sulfide) groups is 2. The molecule has 3 aliphatic heterocycles. The molecule has 0 unspecified atom stereocenters. The highest BCUT2D eigenvalue weighted by molar-refractivity contribution is 8.18. The van der Waals surface area contributed by atoms with Gasteiger partial charge in [0.05, 0.1) is 71.2 Å². The molecule has 0 aliphatic carbocycles. The van der Waals surface area contributed by atoms with Crippen molar-refractivity contribution in [3.8, 4) is 0 Å². The van der Waals surface area contributed by atoms with E-state index >= 15 is 0 Å². The minimum Gasteiger partial charge on any atom is -0.458 e. The average molecular weight is 1210 g/mol. The Morgan fingerprint density at radius 3 is 1.98 bits per heavy atom. The summed E-state index contributed by atoms with van der Waals surface area (Å²) >= 11 is 3.94. The Kier molecular flexibility index (Phi) is 27.5. The zero-order chi connectivity index (χ0) is 60.2. The zero-order valence-corrected chi connectivity index (χ0v) is 59.5. The zero-order valence-electron chi connectivity index (χ0n) is 54.8. The van der Waals surface area contributed by atoms with E-state index in [9.17, 15) is 9.90 Å². The van der Waals surface area contributed by atoms with Crippen molar-refractivity contribution in [2.24, 2.45) is 23.7 Å². The molecule has 0 saturated carbocycles. The Labute approximate surface area is 501 Å². The first kappa shape index (κ1) is 71.7. The molecule has 2 saturated heterocycles. The summed E-state index contributed by atoms with van der Waals surface area (Å²) in [4.78, 5) is 14.3. The third kappa shape index (κ3) is 20.7. The van der Waals surface area contributed by atoms with Gasteiger partial charge >= 0.3 is 5.97 Å². The minimum absolute atomic E-state index is 0.00551. The topological polar surface area (TPSA) is 111 Å². The Morgan fingerprint density at radius 2 is 1.40 bits per heavy atom. The van der Waals surface area contributed by atoms with Crippen LogP contribution in [0.3, 0.4) is 0 Å². The molecule has 15 heteroatoms. The molecule has 3 aliphatic rings. The van der Waals surface area contributed by atoms with Gasteiger partial charge in [-0.15, -0.1) is 23.5 Å². The van der Waals surface area contributed by atoms with E-state index in [0.29, 0.717) is 18.6 Å². The summed E-state index contributed by atoms with van der Waals surface area (Å²) in [5.41, 5.74) is 1.75. The summed E-state index contributed by atoms with van der Waals surface area (Å²) in [7, 11) is -2.69. The van der Waals surface area contributed by atoms with Gasteiger partial charge in [0.25, 0.3) is 0 Å². The third-order valence-corrected chi connectivity index (χ3v) is 36.9. The summed E-state index contributed by atoms with van der Waals surface area (Å²) < 4.78 is 53.7. The number of hydrogen-bond donors (Lipinski definition) is 1. The second-order valence-corrected chi connectivity index (χ2v) is 46.6. The summed E-state index contributed by atoms with van der Waals surface area (Å²) in [6.07, 6.45) is 13.8. The van der Waals surface area contributed by atoms with Crippen LogP contribution in [0.2, 0.25) is 54.4 Å². The maximum atomic E-state index is 14.3. The summed E-state index contributed by atoms with van der Waals surface area (Å²) in [6, 6.07) is 9.29. The number of aliphatic hydroxyl groups excluding tert-OH is 1. The van der Waals surface area contributed by atoms with Crippen LogP contribution >= 0.6 is 23.5 Å². The van der Waals surface area contributed by atoms with Gasteiger partial charge in [0.2, 0.25) is 0 Å². The van der Waals surface area contributed by atoms with Crippen molar-refractivity contribution < 1.29 is 46.9 Å². The molecule has 462 valence electrons. The van der Waals surface area contributed by atoms with Crippen LogP contribution in [0.25, 0.3) is 0 Å². The fraction of sp³-hybridized carbons (Fsp3) is 0.831. The van der Waals surface area contributed by atoms with Crippen LogP contribution in [-0.4, -0.2) is 133 Å². The van der Waals surface area contributed by atoms with Crippen LogP contribution in [-0.2, 0) is 37.0 Å². The number of methoxy groups -OCH3 is 2. The summed E-state index contributed by atoms with van der Waals surface area (Å²) in [5, 5.41) is 13.1. The maximum Gasteiger partial charge on any atom is 0.338 e. The molecule has 1 aromatic rings. The van der Waals surface area contributed by atoms with Crippen LogP contribution in [0.1, 0.15) is 178 Å². The molecular weight excluding hydrogens is 1090 g/mol. The van der Waals surface area contributed by atoms with E-state index in [1.165, 1.54) is 5.57 Å². The van der Waals surface area contributed by atoms with Gasteiger partial charge in [-0.25, -0.2) is 4.79 Å². The molecule has 1 N–H and O–H groups in total. The van der Waals surface area contributed by atoms with Crippen molar-refractivity contribution >= 4 is 54.4 Å². The van der Waals surface area contributed by atoms with E-state index in [1.54, 1.807) is 7.11 Å². The van der Waals surface area contributed by atoms with Gasteiger partial charge in [0.15, 0.2) is 25.0 Å². The van der Waals surface area contributed by atoms with Crippen molar-refractivity contribution in [1.82, 2.24) is 0 Å². The quantitative estimate of drug-likeness (QED) is 0.0468. The van der Waals surface area contributed by atoms with E-state index in [2.05, 4.69) is 161 Å². The third-order valence-electron chi connectivity index (χ3n) is 19.6. The van der Waals surface area contributed by atoms with E-state index in [-0.39, 0.29) is 91.7 Å². The molecular formula is C65H118O10S2Si3. The van der Waals surface area contributed by atoms with Crippen LogP contribution < -0.4 is 0 Å². The van der Waals surface area contributed by atoms with E-state index < -0.39 is 43.1 Å². The number of esters is 1. The predicted octanol–water partition coefficient (Wildman–Crippen LogP) is 17.1. The number of carbonyl (C=O) groups is 1. The molecule has 0 radical (unpaired) electrons. The highest BCUT2D eigenvalue weighted by Gasteiger charge is 2.50. The highest BCUT2D eigenvalue weighted by Crippen LogP contribution is 2.54. The Balaban J connectivity index is 1.60. The van der Waals surface area contributed by atoms with Gasteiger partial charge in [0.1, 0.15) is 6.10 Å². The van der Waals surface area contributed by atoms with Crippen LogP contribution in [0.4, 0.5) is 0 Å². The lowest BCUT2D eigenvalue weighted by Gasteiger charge is -2.48. The molecule has 3 heterocycles. The number of rotatable bonds is 29. The Morgan fingerprint density at radius 1 is 0.800 bits per heavy atom. The van der Waals surface area contributed by atoms with Gasteiger partial charge in [-0.05, 0) is 149 Å². The first-order valence-corrected chi connectivity index (χ1v) is 41.6. The molecule has 14 atom stereocenters. The standard InChI is InChI=1S/C65H118O10S2Si3/c1-45(44-70-78(18,19)62(7,8)9)33-35-55(74-79(20,21)63(10,11)12)40-52-31-27-32-53(72-52)42-58(69-17)50(6)65(76-37-28-38-77-65)43-57(66)48(4)60(73-61(67)51-29-25-24-26-30-51)49(5)59(75-80(22,23)64(13,14)15)46(2)34-36-54-41-56(68-16)39-47(3)71-54/h24-27,29-31,33,46-50,52-60,66H,28,32,34-44H2,1-23H3/b45-33+/t46-,47-,48-,49-,50+,52-,53-,54-,55-,56+,57+,58-,59-,60-/m0/s1. The van der Waals surface area contributed by atoms with Crippen molar-refractivity contribution in [1.29, 1.82) is 0 Å². The molecule has 0 aromatic heterocycles. The lowest BCUT2D eigenvalue weighted by molar-refractivity contribution is -0.105. The number of benzene rings is 1. The van der Waals surface area contributed by atoms with Crippen LogP contribution in [0, 0.1) is 23.7 Å². The molecule has 0 amide bonds. The monoisotopic (exact) mass is 1210 g/mol.